The third kappa shape index (κ3) is 3.29. The maximum atomic E-state index is 12.9. The third-order valence-corrected chi connectivity index (χ3v) is 6.97. The highest BCUT2D eigenvalue weighted by atomic mass is 32.2. The van der Waals surface area contributed by atoms with Crippen LogP contribution < -0.4 is 4.74 Å². The minimum atomic E-state index is -3.57. The van der Waals surface area contributed by atoms with Crippen LogP contribution in [-0.4, -0.2) is 42.4 Å². The van der Waals surface area contributed by atoms with Crippen LogP contribution in [0.1, 0.15) is 43.8 Å². The second-order valence-electron chi connectivity index (χ2n) is 7.27. The molecule has 2 aliphatic rings. The van der Waals surface area contributed by atoms with Gasteiger partial charge in [-0.05, 0) is 37.1 Å². The fraction of sp³-hybridized carbons (Fsp3) is 0.500. The predicted octanol–water partition coefficient (Wildman–Crippen LogP) is 2.65. The summed E-state index contributed by atoms with van der Waals surface area (Å²) in [6, 6.07) is 6.58. The van der Waals surface area contributed by atoms with E-state index in [1.165, 1.54) is 4.31 Å². The first-order valence-corrected chi connectivity index (χ1v) is 11.1. The molecule has 1 aromatic carbocycles. The molecule has 0 saturated carbocycles. The lowest BCUT2D eigenvalue weighted by molar-refractivity contribution is -0.112. The van der Waals surface area contributed by atoms with E-state index in [2.05, 4.69) is 16.9 Å². The van der Waals surface area contributed by atoms with Crippen LogP contribution in [0.25, 0.3) is 0 Å². The van der Waals surface area contributed by atoms with Gasteiger partial charge in [0.15, 0.2) is 0 Å². The lowest BCUT2D eigenvalue weighted by Gasteiger charge is -2.46. The topological polar surface area (TPSA) is 81.6 Å². The number of hydrogen-bond acceptors (Lipinski definition) is 6. The highest BCUT2D eigenvalue weighted by molar-refractivity contribution is 7.89. The van der Waals surface area contributed by atoms with Gasteiger partial charge in [-0.25, -0.2) is 18.4 Å². The van der Waals surface area contributed by atoms with Gasteiger partial charge in [-0.15, -0.1) is 0 Å². The van der Waals surface area contributed by atoms with Gasteiger partial charge in [0.2, 0.25) is 10.0 Å². The molecule has 0 radical (unpaired) electrons. The Bertz CT molecular complexity index is 954. The fourth-order valence-electron chi connectivity index (χ4n) is 3.61. The zero-order valence-corrected chi connectivity index (χ0v) is 17.0. The van der Waals surface area contributed by atoms with Crippen molar-refractivity contribution in [2.24, 2.45) is 0 Å². The third-order valence-electron chi connectivity index (χ3n) is 5.17. The van der Waals surface area contributed by atoms with Gasteiger partial charge < -0.3 is 9.47 Å². The monoisotopic (exact) mass is 403 g/mol. The van der Waals surface area contributed by atoms with Crippen molar-refractivity contribution >= 4 is 10.0 Å². The first-order chi connectivity index (χ1) is 13.5. The number of hydrogen-bond donors (Lipinski definition) is 0. The molecule has 1 aromatic heterocycles. The molecule has 0 atom stereocenters. The molecule has 150 valence electrons. The Kier molecular flexibility index (Phi) is 5.11. The Morgan fingerprint density at radius 3 is 2.61 bits per heavy atom. The van der Waals surface area contributed by atoms with Crippen LogP contribution in [0.5, 0.6) is 5.75 Å². The first-order valence-electron chi connectivity index (χ1n) is 9.71. The number of ether oxygens (including phenoxy) is 2. The average molecular weight is 404 g/mol. The molecule has 28 heavy (non-hydrogen) atoms. The van der Waals surface area contributed by atoms with Crippen molar-refractivity contribution < 1.29 is 17.9 Å². The molecule has 8 heteroatoms. The summed E-state index contributed by atoms with van der Waals surface area (Å²) >= 11 is 0. The van der Waals surface area contributed by atoms with Crippen LogP contribution in [0, 0.1) is 0 Å². The minimum Gasteiger partial charge on any atom is -0.494 e. The second-order valence-corrected chi connectivity index (χ2v) is 9.21. The highest BCUT2D eigenvalue weighted by Gasteiger charge is 2.54. The van der Waals surface area contributed by atoms with E-state index >= 15 is 0 Å². The number of aromatic nitrogens is 2. The van der Waals surface area contributed by atoms with Gasteiger partial charge in [0, 0.05) is 31.3 Å². The predicted molar refractivity (Wildman–Crippen MR) is 103 cm³/mol. The van der Waals surface area contributed by atoms with E-state index in [9.17, 15) is 8.42 Å². The maximum absolute atomic E-state index is 12.9. The molecule has 0 N–H and O–H groups in total. The molecule has 1 spiro atoms. The van der Waals surface area contributed by atoms with Gasteiger partial charge >= 0.3 is 0 Å². The van der Waals surface area contributed by atoms with Crippen LogP contribution in [0.3, 0.4) is 0 Å². The zero-order valence-electron chi connectivity index (χ0n) is 16.2. The quantitative estimate of drug-likeness (QED) is 0.707. The van der Waals surface area contributed by atoms with Crippen LogP contribution in [0.4, 0.5) is 0 Å². The number of benzene rings is 1. The smallest absolute Gasteiger partial charge is 0.243 e. The molecular weight excluding hydrogens is 378 g/mol. The van der Waals surface area contributed by atoms with Crippen molar-refractivity contribution in [3.05, 3.63) is 47.5 Å². The molecule has 1 saturated heterocycles. The summed E-state index contributed by atoms with van der Waals surface area (Å²) in [6.07, 6.45) is 4.53. The van der Waals surface area contributed by atoms with Crippen LogP contribution in [0.15, 0.2) is 35.4 Å². The van der Waals surface area contributed by atoms with E-state index in [1.807, 2.05) is 13.1 Å². The van der Waals surface area contributed by atoms with Gasteiger partial charge in [-0.1, -0.05) is 13.8 Å². The van der Waals surface area contributed by atoms with Gasteiger partial charge in [0.05, 0.1) is 23.8 Å². The molecule has 7 nitrogen and oxygen atoms in total. The van der Waals surface area contributed by atoms with E-state index in [4.69, 9.17) is 9.47 Å². The van der Waals surface area contributed by atoms with Gasteiger partial charge in [-0.2, -0.15) is 4.31 Å². The summed E-state index contributed by atoms with van der Waals surface area (Å²) in [7, 11) is -3.57. The Balaban J connectivity index is 1.48. The van der Waals surface area contributed by atoms with Crippen molar-refractivity contribution in [2.75, 3.05) is 19.7 Å². The minimum absolute atomic E-state index is 0.263. The summed E-state index contributed by atoms with van der Waals surface area (Å²) in [6.45, 7) is 5.70. The van der Waals surface area contributed by atoms with Crippen molar-refractivity contribution in [2.45, 2.75) is 50.2 Å². The maximum Gasteiger partial charge on any atom is 0.243 e. The summed E-state index contributed by atoms with van der Waals surface area (Å²) < 4.78 is 38.8. The van der Waals surface area contributed by atoms with Crippen LogP contribution >= 0.6 is 0 Å². The average Bonchev–Trinajstić information content (AvgIpc) is 3.05. The largest absolute Gasteiger partial charge is 0.494 e. The van der Waals surface area contributed by atoms with Crippen LogP contribution in [0.2, 0.25) is 0 Å². The standard InChI is InChI=1S/C20H25N3O4S/c1-3-5-19-21-11-17-18(22-19)12-27-20(17)13-23(14-20)28(24,25)16-8-6-15(7-9-16)26-10-4-2/h6-9,11H,3-5,10,12-14H2,1-2H3. The SMILES string of the molecule is CCCOc1ccc(S(=O)(=O)N2CC3(C2)OCc2nc(CCC)ncc23)cc1. The number of nitrogens with zero attached hydrogens (tertiary/aromatic N) is 3. The summed E-state index contributed by atoms with van der Waals surface area (Å²) in [5, 5.41) is 0. The molecule has 2 aromatic rings. The molecule has 0 amide bonds. The lowest BCUT2D eigenvalue weighted by Crippen LogP contribution is -2.61. The Labute approximate surface area is 165 Å². The zero-order chi connectivity index (χ0) is 19.8. The van der Waals surface area contributed by atoms with Crippen LogP contribution in [-0.2, 0) is 33.4 Å². The van der Waals surface area contributed by atoms with Gasteiger partial charge in [0.1, 0.15) is 17.2 Å². The number of aryl methyl sites for hydroxylation is 1. The van der Waals surface area contributed by atoms with E-state index in [0.717, 1.165) is 36.3 Å². The molecule has 3 heterocycles. The molecule has 0 unspecified atom stereocenters. The summed E-state index contributed by atoms with van der Waals surface area (Å²) in [5.41, 5.74) is 1.19. The number of fused-ring (bicyclic) bond motifs is 2. The summed E-state index contributed by atoms with van der Waals surface area (Å²) in [5.74, 6) is 1.49. The Morgan fingerprint density at radius 1 is 1.18 bits per heavy atom. The Morgan fingerprint density at radius 2 is 1.93 bits per heavy atom. The molecule has 0 bridgehead atoms. The van der Waals surface area contributed by atoms with Gasteiger partial charge in [0.25, 0.3) is 0 Å². The van der Waals surface area contributed by atoms with Crippen molar-refractivity contribution in [1.29, 1.82) is 0 Å². The molecule has 4 rings (SSSR count). The van der Waals surface area contributed by atoms with Crippen molar-refractivity contribution in [3.63, 3.8) is 0 Å². The first kappa shape index (κ1) is 19.3. The van der Waals surface area contributed by atoms with Gasteiger partial charge in [-0.3, -0.25) is 0 Å². The lowest BCUT2D eigenvalue weighted by atomic mass is 9.90. The number of rotatable bonds is 7. The van der Waals surface area contributed by atoms with E-state index in [-0.39, 0.29) is 18.0 Å². The molecule has 1 fully saturated rings. The number of sulfonamides is 1. The fourth-order valence-corrected chi connectivity index (χ4v) is 5.14. The summed E-state index contributed by atoms with van der Waals surface area (Å²) in [4.78, 5) is 9.27. The molecular formula is C20H25N3O4S. The highest BCUT2D eigenvalue weighted by Crippen LogP contribution is 2.44. The van der Waals surface area contributed by atoms with Crippen molar-refractivity contribution in [3.8, 4) is 5.75 Å². The van der Waals surface area contributed by atoms with E-state index in [0.29, 0.717) is 19.0 Å². The van der Waals surface area contributed by atoms with E-state index in [1.54, 1.807) is 24.3 Å². The van der Waals surface area contributed by atoms with Crippen molar-refractivity contribution in [1.82, 2.24) is 14.3 Å². The molecule has 0 aliphatic carbocycles. The molecule has 2 aliphatic heterocycles. The Hall–Kier alpha value is -2.03. The normalized spacial score (nSPS) is 18.1. The van der Waals surface area contributed by atoms with E-state index < -0.39 is 15.6 Å². The second kappa shape index (κ2) is 7.42.